The lowest BCUT2D eigenvalue weighted by atomic mass is 10.1. The van der Waals surface area contributed by atoms with Crippen LogP contribution >= 0.6 is 27.3 Å². The van der Waals surface area contributed by atoms with E-state index in [1.807, 2.05) is 53.9 Å². The van der Waals surface area contributed by atoms with Crippen LogP contribution in [0.3, 0.4) is 0 Å². The zero-order valence-corrected chi connectivity index (χ0v) is 17.2. The molecule has 0 aliphatic carbocycles. The van der Waals surface area contributed by atoms with Crippen LogP contribution < -0.4 is 10.5 Å². The summed E-state index contributed by atoms with van der Waals surface area (Å²) in [6, 6.07) is 17.0. The number of nitrogens with zero attached hydrogens (tertiary/aromatic N) is 3. The van der Waals surface area contributed by atoms with Crippen molar-refractivity contribution in [1.82, 2.24) is 14.8 Å². The van der Waals surface area contributed by atoms with Gasteiger partial charge in [0.1, 0.15) is 11.4 Å². The van der Waals surface area contributed by atoms with Crippen molar-refractivity contribution in [3.8, 4) is 33.4 Å². The maximum absolute atomic E-state index is 12.0. The van der Waals surface area contributed by atoms with Crippen LogP contribution in [0.1, 0.15) is 10.5 Å². The van der Waals surface area contributed by atoms with E-state index in [2.05, 4.69) is 26.0 Å². The molecule has 0 radical (unpaired) electrons. The molecule has 1 amide bonds. The molecular formula is C20H15BrN4O2S. The zero-order valence-electron chi connectivity index (χ0n) is 14.8. The lowest BCUT2D eigenvalue weighted by Gasteiger charge is -2.01. The summed E-state index contributed by atoms with van der Waals surface area (Å²) in [4.78, 5) is 16.6. The van der Waals surface area contributed by atoms with Gasteiger partial charge in [0.05, 0.1) is 18.5 Å². The number of methoxy groups -OCH3 is 1. The lowest BCUT2D eigenvalue weighted by molar-refractivity contribution is 0.0993. The van der Waals surface area contributed by atoms with Gasteiger partial charge in [-0.05, 0) is 42.5 Å². The third-order valence-corrected chi connectivity index (χ3v) is 5.51. The predicted molar refractivity (Wildman–Crippen MR) is 113 cm³/mol. The fraction of sp³-hybridized carbons (Fsp3) is 0.0500. The number of hydrogen-bond acceptors (Lipinski definition) is 5. The summed E-state index contributed by atoms with van der Waals surface area (Å²) in [5, 5.41) is 7.07. The highest BCUT2D eigenvalue weighted by Crippen LogP contribution is 2.28. The zero-order chi connectivity index (χ0) is 19.7. The lowest BCUT2D eigenvalue weighted by Crippen LogP contribution is -2.16. The second-order valence-corrected chi connectivity index (χ2v) is 7.69. The Balaban J connectivity index is 1.73. The fourth-order valence-corrected chi connectivity index (χ4v) is 3.78. The molecule has 0 saturated carbocycles. The minimum Gasteiger partial charge on any atom is -0.497 e. The molecule has 8 heteroatoms. The highest BCUT2D eigenvalue weighted by Gasteiger charge is 2.18. The predicted octanol–water partition coefficient (Wildman–Crippen LogP) is 4.53. The molecule has 140 valence electrons. The minimum atomic E-state index is -0.562. The number of amides is 1. The molecule has 0 aliphatic rings. The number of halogens is 1. The monoisotopic (exact) mass is 454 g/mol. The molecule has 0 saturated heterocycles. The first-order valence-electron chi connectivity index (χ1n) is 8.31. The summed E-state index contributed by atoms with van der Waals surface area (Å²) in [7, 11) is 1.61. The maximum atomic E-state index is 12.0. The van der Waals surface area contributed by atoms with Crippen LogP contribution in [0.25, 0.3) is 27.6 Å². The summed E-state index contributed by atoms with van der Waals surface area (Å²) >= 11 is 4.83. The molecule has 2 N–H and O–H groups in total. The number of nitrogens with two attached hydrogens (primary N) is 1. The van der Waals surface area contributed by atoms with E-state index in [9.17, 15) is 4.79 Å². The second-order valence-electron chi connectivity index (χ2n) is 5.94. The summed E-state index contributed by atoms with van der Waals surface area (Å²) in [6.07, 6.45) is 0. The highest BCUT2D eigenvalue weighted by molar-refractivity contribution is 9.10. The standard InChI is InChI=1S/C20H15BrN4O2S/c1-27-15-8-4-12(5-9-15)16-10-18(19(22)26)25(24-16)20-23-17(11-28-20)13-2-6-14(21)7-3-13/h2-11H,1H3,(H2,22,26). The Kier molecular flexibility index (Phi) is 4.97. The maximum Gasteiger partial charge on any atom is 0.267 e. The number of rotatable bonds is 5. The summed E-state index contributed by atoms with van der Waals surface area (Å²) in [5.74, 6) is 0.185. The van der Waals surface area contributed by atoms with Crippen LogP contribution in [0, 0.1) is 0 Å². The summed E-state index contributed by atoms with van der Waals surface area (Å²) < 4.78 is 7.68. The molecule has 2 aromatic carbocycles. The number of carbonyl (C=O) groups excluding carboxylic acids is 1. The van der Waals surface area contributed by atoms with Crippen LogP contribution in [-0.2, 0) is 0 Å². The molecule has 2 aromatic heterocycles. The van der Waals surface area contributed by atoms with Gasteiger partial charge in [-0.15, -0.1) is 11.3 Å². The SMILES string of the molecule is COc1ccc(-c2cc(C(N)=O)n(-c3nc(-c4ccc(Br)cc4)cs3)n2)cc1. The van der Waals surface area contributed by atoms with Gasteiger partial charge in [0.2, 0.25) is 5.13 Å². The van der Waals surface area contributed by atoms with E-state index in [-0.39, 0.29) is 5.69 Å². The van der Waals surface area contributed by atoms with Crippen molar-refractivity contribution in [3.63, 3.8) is 0 Å². The smallest absolute Gasteiger partial charge is 0.267 e. The van der Waals surface area contributed by atoms with Crippen LogP contribution in [-0.4, -0.2) is 27.8 Å². The van der Waals surface area contributed by atoms with Gasteiger partial charge < -0.3 is 10.5 Å². The Labute approximate surface area is 173 Å². The molecule has 4 rings (SSSR count). The van der Waals surface area contributed by atoms with Crippen LogP contribution in [0.5, 0.6) is 5.75 Å². The van der Waals surface area contributed by atoms with E-state index in [4.69, 9.17) is 10.5 Å². The molecular weight excluding hydrogens is 440 g/mol. The Morgan fingerprint density at radius 1 is 1.07 bits per heavy atom. The molecule has 6 nitrogen and oxygen atoms in total. The number of hydrogen-bond donors (Lipinski definition) is 1. The topological polar surface area (TPSA) is 83.0 Å². The van der Waals surface area contributed by atoms with Gasteiger partial charge in [-0.1, -0.05) is 28.1 Å². The van der Waals surface area contributed by atoms with Crippen molar-refractivity contribution in [1.29, 1.82) is 0 Å². The molecule has 4 aromatic rings. The third kappa shape index (κ3) is 3.56. The molecule has 0 unspecified atom stereocenters. The molecule has 0 atom stereocenters. The van der Waals surface area contributed by atoms with Gasteiger partial charge in [-0.2, -0.15) is 9.78 Å². The molecule has 0 spiro atoms. The Bertz CT molecular complexity index is 1130. The first-order chi connectivity index (χ1) is 13.5. The summed E-state index contributed by atoms with van der Waals surface area (Å²) in [5.41, 5.74) is 9.14. The van der Waals surface area contributed by atoms with E-state index in [1.54, 1.807) is 13.2 Å². The van der Waals surface area contributed by atoms with Gasteiger partial charge in [0.15, 0.2) is 0 Å². The van der Waals surface area contributed by atoms with E-state index in [0.717, 1.165) is 27.0 Å². The first kappa shape index (κ1) is 18.4. The van der Waals surface area contributed by atoms with E-state index < -0.39 is 5.91 Å². The Hall–Kier alpha value is -2.97. The quantitative estimate of drug-likeness (QED) is 0.479. The van der Waals surface area contributed by atoms with Crippen molar-refractivity contribution < 1.29 is 9.53 Å². The number of carbonyl (C=O) groups is 1. The number of thiazole rings is 1. The van der Waals surface area contributed by atoms with Crippen LogP contribution in [0.2, 0.25) is 0 Å². The average molecular weight is 455 g/mol. The van der Waals surface area contributed by atoms with Crippen LogP contribution in [0.4, 0.5) is 0 Å². The van der Waals surface area contributed by atoms with Crippen molar-refractivity contribution >= 4 is 33.2 Å². The number of primary amides is 1. The van der Waals surface area contributed by atoms with E-state index >= 15 is 0 Å². The highest BCUT2D eigenvalue weighted by atomic mass is 79.9. The fourth-order valence-electron chi connectivity index (χ4n) is 2.72. The summed E-state index contributed by atoms with van der Waals surface area (Å²) in [6.45, 7) is 0. The average Bonchev–Trinajstić information content (AvgIpc) is 3.36. The molecule has 28 heavy (non-hydrogen) atoms. The van der Waals surface area contributed by atoms with E-state index in [1.165, 1.54) is 16.0 Å². The molecule has 0 fully saturated rings. The Morgan fingerprint density at radius 3 is 2.36 bits per heavy atom. The van der Waals surface area contributed by atoms with Crippen molar-refractivity contribution in [2.24, 2.45) is 5.73 Å². The van der Waals surface area contributed by atoms with Crippen molar-refractivity contribution in [3.05, 3.63) is 70.1 Å². The van der Waals surface area contributed by atoms with Gasteiger partial charge >= 0.3 is 0 Å². The van der Waals surface area contributed by atoms with Crippen LogP contribution in [0.15, 0.2) is 64.5 Å². The largest absolute Gasteiger partial charge is 0.497 e. The number of aromatic nitrogens is 3. The molecule has 2 heterocycles. The minimum absolute atomic E-state index is 0.280. The molecule has 0 aliphatic heterocycles. The number of ether oxygens (including phenoxy) is 1. The van der Waals surface area contributed by atoms with Crippen molar-refractivity contribution in [2.45, 2.75) is 0 Å². The van der Waals surface area contributed by atoms with Crippen molar-refractivity contribution in [2.75, 3.05) is 7.11 Å². The first-order valence-corrected chi connectivity index (χ1v) is 9.98. The third-order valence-electron chi connectivity index (χ3n) is 4.16. The van der Waals surface area contributed by atoms with Gasteiger partial charge in [-0.3, -0.25) is 4.79 Å². The van der Waals surface area contributed by atoms with Gasteiger partial charge in [0, 0.05) is 21.0 Å². The number of benzene rings is 2. The van der Waals surface area contributed by atoms with Gasteiger partial charge in [-0.25, -0.2) is 4.98 Å². The second kappa shape index (κ2) is 7.57. The Morgan fingerprint density at radius 2 is 1.71 bits per heavy atom. The normalized spacial score (nSPS) is 10.8. The van der Waals surface area contributed by atoms with E-state index in [0.29, 0.717) is 10.8 Å². The molecule has 0 bridgehead atoms. The van der Waals surface area contributed by atoms with Gasteiger partial charge in [0.25, 0.3) is 5.91 Å².